The van der Waals surface area contributed by atoms with Crippen molar-refractivity contribution >= 4 is 16.9 Å². The number of nitrogens with zero attached hydrogens (tertiary/aromatic N) is 5. The summed E-state index contributed by atoms with van der Waals surface area (Å²) < 4.78 is 7.15. The summed E-state index contributed by atoms with van der Waals surface area (Å²) in [6, 6.07) is 5.67. The van der Waals surface area contributed by atoms with Crippen molar-refractivity contribution in [1.29, 1.82) is 0 Å². The third-order valence-electron chi connectivity index (χ3n) is 5.28. The van der Waals surface area contributed by atoms with Crippen LogP contribution in [0.25, 0.3) is 11.0 Å². The van der Waals surface area contributed by atoms with E-state index in [0.717, 1.165) is 63.4 Å². The maximum Gasteiger partial charge on any atom is 0.253 e. The lowest BCUT2D eigenvalue weighted by atomic mass is 9.96. The van der Waals surface area contributed by atoms with E-state index >= 15 is 0 Å². The Balaban J connectivity index is 1.43. The Morgan fingerprint density at radius 3 is 2.96 bits per heavy atom. The highest BCUT2D eigenvalue weighted by Gasteiger charge is 2.26. The van der Waals surface area contributed by atoms with Crippen molar-refractivity contribution in [2.45, 2.75) is 12.8 Å². The summed E-state index contributed by atoms with van der Waals surface area (Å²) in [6.45, 7) is 6.42. The average Bonchev–Trinajstić information content (AvgIpc) is 3.02. The van der Waals surface area contributed by atoms with Gasteiger partial charge in [0, 0.05) is 45.3 Å². The van der Waals surface area contributed by atoms with Gasteiger partial charge < -0.3 is 9.64 Å². The first-order valence-electron chi connectivity index (χ1n) is 9.09. The highest BCUT2D eigenvalue weighted by Crippen LogP contribution is 2.21. The first-order valence-corrected chi connectivity index (χ1v) is 9.09. The molecule has 1 atom stereocenters. The standard InChI is InChI=1S/C18H25N5O2/c1-21-17-5-4-15(11-16(17)19-20-21)18(24)23-6-2-3-14(13-23)12-22-7-9-25-10-8-22/h4-5,11,14H,2-3,6-10,12-13H2,1H3. The number of hydrogen-bond donors (Lipinski definition) is 0. The van der Waals surface area contributed by atoms with E-state index in [4.69, 9.17) is 4.74 Å². The molecule has 1 aromatic carbocycles. The van der Waals surface area contributed by atoms with Gasteiger partial charge in [-0.1, -0.05) is 5.21 Å². The van der Waals surface area contributed by atoms with Crippen molar-refractivity contribution < 1.29 is 9.53 Å². The van der Waals surface area contributed by atoms with Crippen LogP contribution in [-0.2, 0) is 11.8 Å². The van der Waals surface area contributed by atoms with Crippen molar-refractivity contribution in [3.63, 3.8) is 0 Å². The minimum atomic E-state index is 0.110. The molecule has 7 nitrogen and oxygen atoms in total. The molecular formula is C18H25N5O2. The monoisotopic (exact) mass is 343 g/mol. The predicted octanol–water partition coefficient (Wildman–Crippen LogP) is 1.15. The van der Waals surface area contributed by atoms with E-state index in [9.17, 15) is 4.79 Å². The normalized spacial score (nSPS) is 22.4. The zero-order chi connectivity index (χ0) is 17.2. The molecule has 2 aromatic rings. The second-order valence-electron chi connectivity index (χ2n) is 7.09. The van der Waals surface area contributed by atoms with E-state index in [1.54, 1.807) is 4.68 Å². The molecule has 4 rings (SSSR count). The number of amides is 1. The van der Waals surface area contributed by atoms with E-state index in [0.29, 0.717) is 11.5 Å². The number of likely N-dealkylation sites (tertiary alicyclic amines) is 1. The second kappa shape index (κ2) is 7.09. The van der Waals surface area contributed by atoms with Crippen LogP contribution < -0.4 is 0 Å². The predicted molar refractivity (Wildman–Crippen MR) is 94.4 cm³/mol. The molecule has 2 aliphatic rings. The van der Waals surface area contributed by atoms with Crippen LogP contribution in [0, 0.1) is 5.92 Å². The van der Waals surface area contributed by atoms with Crippen LogP contribution >= 0.6 is 0 Å². The van der Waals surface area contributed by atoms with Crippen LogP contribution in [0.15, 0.2) is 18.2 Å². The smallest absolute Gasteiger partial charge is 0.253 e. The fourth-order valence-electron chi connectivity index (χ4n) is 3.90. The molecule has 2 fully saturated rings. The van der Waals surface area contributed by atoms with Crippen LogP contribution in [0.4, 0.5) is 0 Å². The first kappa shape index (κ1) is 16.5. The van der Waals surface area contributed by atoms with Crippen molar-refractivity contribution in [3.8, 4) is 0 Å². The third kappa shape index (κ3) is 3.52. The number of carbonyl (C=O) groups excluding carboxylic acids is 1. The molecule has 2 aliphatic heterocycles. The number of morpholine rings is 1. The molecule has 0 saturated carbocycles. The SMILES string of the molecule is Cn1nnc2cc(C(=O)N3CCCC(CN4CCOCC4)C3)ccc21. The number of aromatic nitrogens is 3. The van der Waals surface area contributed by atoms with Gasteiger partial charge in [-0.2, -0.15) is 0 Å². The van der Waals surface area contributed by atoms with Crippen LogP contribution in [0.3, 0.4) is 0 Å². The number of aryl methyl sites for hydroxylation is 1. The summed E-state index contributed by atoms with van der Waals surface area (Å²) in [5, 5.41) is 8.13. The lowest BCUT2D eigenvalue weighted by Gasteiger charge is -2.36. The van der Waals surface area contributed by atoms with Gasteiger partial charge in [0.05, 0.1) is 18.7 Å². The molecule has 0 radical (unpaired) electrons. The summed E-state index contributed by atoms with van der Waals surface area (Å²) in [5.41, 5.74) is 2.43. The number of ether oxygens (including phenoxy) is 1. The Morgan fingerprint density at radius 2 is 2.12 bits per heavy atom. The molecule has 2 saturated heterocycles. The summed E-state index contributed by atoms with van der Waals surface area (Å²) >= 11 is 0. The van der Waals surface area contributed by atoms with Gasteiger partial charge in [-0.15, -0.1) is 5.10 Å². The lowest BCUT2D eigenvalue weighted by molar-refractivity contribution is 0.0224. The van der Waals surface area contributed by atoms with Crippen LogP contribution in [0.2, 0.25) is 0 Å². The number of carbonyl (C=O) groups is 1. The van der Waals surface area contributed by atoms with Crippen molar-refractivity contribution in [2.75, 3.05) is 45.9 Å². The van der Waals surface area contributed by atoms with Crippen LogP contribution in [0.1, 0.15) is 23.2 Å². The average molecular weight is 343 g/mol. The Morgan fingerprint density at radius 1 is 1.28 bits per heavy atom. The summed E-state index contributed by atoms with van der Waals surface area (Å²) in [5.74, 6) is 0.662. The van der Waals surface area contributed by atoms with Gasteiger partial charge in [-0.25, -0.2) is 4.68 Å². The summed E-state index contributed by atoms with van der Waals surface area (Å²) in [6.07, 6.45) is 2.28. The van der Waals surface area contributed by atoms with Crippen LogP contribution in [-0.4, -0.2) is 76.6 Å². The highest BCUT2D eigenvalue weighted by atomic mass is 16.5. The highest BCUT2D eigenvalue weighted by molar-refractivity contribution is 5.97. The molecule has 7 heteroatoms. The summed E-state index contributed by atoms with van der Waals surface area (Å²) in [4.78, 5) is 17.4. The topological polar surface area (TPSA) is 63.5 Å². The third-order valence-corrected chi connectivity index (χ3v) is 5.28. The number of benzene rings is 1. The lowest BCUT2D eigenvalue weighted by Crippen LogP contribution is -2.46. The van der Waals surface area contributed by atoms with E-state index in [2.05, 4.69) is 15.2 Å². The van der Waals surface area contributed by atoms with Crippen molar-refractivity contribution in [1.82, 2.24) is 24.8 Å². The van der Waals surface area contributed by atoms with Gasteiger partial charge in [0.2, 0.25) is 0 Å². The van der Waals surface area contributed by atoms with E-state index in [1.807, 2.05) is 30.1 Å². The van der Waals surface area contributed by atoms with Gasteiger partial charge in [-0.3, -0.25) is 9.69 Å². The molecule has 3 heterocycles. The van der Waals surface area contributed by atoms with E-state index in [-0.39, 0.29) is 5.91 Å². The fraction of sp³-hybridized carbons (Fsp3) is 0.611. The minimum absolute atomic E-state index is 0.110. The van der Waals surface area contributed by atoms with E-state index in [1.165, 1.54) is 6.42 Å². The molecule has 25 heavy (non-hydrogen) atoms. The molecule has 0 aliphatic carbocycles. The quantitative estimate of drug-likeness (QED) is 0.837. The molecule has 1 aromatic heterocycles. The second-order valence-corrected chi connectivity index (χ2v) is 7.09. The first-order chi connectivity index (χ1) is 12.2. The number of fused-ring (bicyclic) bond motifs is 1. The van der Waals surface area contributed by atoms with Crippen LogP contribution in [0.5, 0.6) is 0 Å². The minimum Gasteiger partial charge on any atom is -0.379 e. The molecule has 0 N–H and O–H groups in total. The maximum atomic E-state index is 12.9. The fourth-order valence-corrected chi connectivity index (χ4v) is 3.90. The van der Waals surface area contributed by atoms with E-state index < -0.39 is 0 Å². The molecule has 1 unspecified atom stereocenters. The number of piperidine rings is 1. The molecular weight excluding hydrogens is 318 g/mol. The molecule has 0 bridgehead atoms. The van der Waals surface area contributed by atoms with Crippen molar-refractivity contribution in [2.24, 2.45) is 13.0 Å². The Labute approximate surface area is 147 Å². The number of hydrogen-bond acceptors (Lipinski definition) is 5. The van der Waals surface area contributed by atoms with Gasteiger partial charge in [-0.05, 0) is 37.0 Å². The van der Waals surface area contributed by atoms with Gasteiger partial charge >= 0.3 is 0 Å². The molecule has 1 amide bonds. The molecule has 134 valence electrons. The van der Waals surface area contributed by atoms with Gasteiger partial charge in [0.1, 0.15) is 5.52 Å². The Hall–Kier alpha value is -1.99. The van der Waals surface area contributed by atoms with Gasteiger partial charge in [0.15, 0.2) is 0 Å². The zero-order valence-electron chi connectivity index (χ0n) is 14.7. The number of rotatable bonds is 3. The maximum absolute atomic E-state index is 12.9. The summed E-state index contributed by atoms with van der Waals surface area (Å²) in [7, 11) is 1.86. The largest absolute Gasteiger partial charge is 0.379 e. The van der Waals surface area contributed by atoms with Crippen molar-refractivity contribution in [3.05, 3.63) is 23.8 Å². The van der Waals surface area contributed by atoms with Gasteiger partial charge in [0.25, 0.3) is 5.91 Å². The molecule has 0 spiro atoms. The Bertz CT molecular complexity index is 753. The zero-order valence-corrected chi connectivity index (χ0v) is 14.7. The Kier molecular flexibility index (Phi) is 4.67.